The molecule has 0 bridgehead atoms. The Kier molecular flexibility index (Phi) is 11.3. The fraction of sp³-hybridized carbons (Fsp3) is 0.235. The molecule has 4 aromatic rings. The van der Waals surface area contributed by atoms with Crippen LogP contribution < -0.4 is 9.47 Å². The van der Waals surface area contributed by atoms with Crippen molar-refractivity contribution in [1.82, 2.24) is 0 Å². The highest BCUT2D eigenvalue weighted by Gasteiger charge is 2.49. The van der Waals surface area contributed by atoms with Gasteiger partial charge in [0.05, 0.1) is 48.0 Å². The number of rotatable bonds is 12. The van der Waals surface area contributed by atoms with E-state index in [4.69, 9.17) is 28.4 Å². The molecule has 0 aliphatic carbocycles. The topological polar surface area (TPSA) is 110 Å². The summed E-state index contributed by atoms with van der Waals surface area (Å²) in [6, 6.07) is 33.9. The molecule has 0 aromatic heterocycles. The van der Waals surface area contributed by atoms with Gasteiger partial charge in [-0.3, -0.25) is 0 Å². The van der Waals surface area contributed by atoms with E-state index in [0.29, 0.717) is 23.7 Å². The zero-order valence-corrected chi connectivity index (χ0v) is 25.7. The second-order valence-corrected chi connectivity index (χ2v) is 10.8. The molecule has 5 unspecified atom stereocenters. The highest BCUT2D eigenvalue weighted by molar-refractivity contribution is 14.1. The number of ether oxygens (including phenoxy) is 6. The first-order valence-corrected chi connectivity index (χ1v) is 15.0. The first-order chi connectivity index (χ1) is 21.5. The highest BCUT2D eigenvalue weighted by atomic mass is 127. The molecular weight excluding hydrogens is 679 g/mol. The average Bonchev–Trinajstić information content (AvgIpc) is 3.04. The summed E-state index contributed by atoms with van der Waals surface area (Å²) in [5.41, 5.74) is 2.17. The van der Waals surface area contributed by atoms with Crippen molar-refractivity contribution in [3.63, 3.8) is 0 Å². The van der Waals surface area contributed by atoms with Crippen molar-refractivity contribution in [2.24, 2.45) is 0 Å². The molecule has 1 aliphatic rings. The highest BCUT2D eigenvalue weighted by Crippen LogP contribution is 2.31. The number of carbonyl (C=O) groups is 2. The van der Waals surface area contributed by atoms with Gasteiger partial charge in [0.25, 0.3) is 0 Å². The van der Waals surface area contributed by atoms with Crippen LogP contribution in [0.1, 0.15) is 21.5 Å². The van der Waals surface area contributed by atoms with E-state index < -0.39 is 40.7 Å². The second-order valence-electron chi connectivity index (χ2n) is 9.96. The summed E-state index contributed by atoms with van der Waals surface area (Å²) >= 11 is 1.54. The minimum absolute atomic E-state index is 0.0647. The molecule has 0 radical (unpaired) electrons. The van der Waals surface area contributed by atoms with Crippen LogP contribution in [0.25, 0.3) is 0 Å². The maximum atomic E-state index is 13.1. The maximum Gasteiger partial charge on any atom is 0.372 e. The first kappa shape index (κ1) is 31.6. The monoisotopic (exact) mass is 710 g/mol. The van der Waals surface area contributed by atoms with E-state index in [1.807, 2.05) is 60.7 Å². The normalized spacial score (nSPS) is 21.3. The molecule has 228 valence electrons. The summed E-state index contributed by atoms with van der Waals surface area (Å²) in [6.45, 7) is 0.565. The van der Waals surface area contributed by atoms with Gasteiger partial charge in [0.1, 0.15) is 29.8 Å². The lowest BCUT2D eigenvalue weighted by molar-refractivity contribution is -0.289. The van der Waals surface area contributed by atoms with Gasteiger partial charge >= 0.3 is 9.95 Å². The molecule has 9 nitrogen and oxygen atoms in total. The van der Waals surface area contributed by atoms with Gasteiger partial charge in [-0.15, -0.1) is 0 Å². The van der Waals surface area contributed by atoms with Gasteiger partial charge in [-0.25, -0.2) is 9.59 Å². The Bertz CT molecular complexity index is 1470. The Morgan fingerprint density at radius 3 is 1.91 bits per heavy atom. The Morgan fingerprint density at radius 1 is 0.727 bits per heavy atom. The van der Waals surface area contributed by atoms with Gasteiger partial charge in [0.2, 0.25) is 6.29 Å². The fourth-order valence-corrected chi connectivity index (χ4v) is 4.92. The summed E-state index contributed by atoms with van der Waals surface area (Å²) < 4.78 is 35.1. The first-order valence-electron chi connectivity index (χ1n) is 14.0. The van der Waals surface area contributed by atoms with E-state index in [1.54, 1.807) is 54.6 Å². The molecule has 1 N–H and O–H groups in total. The molecule has 1 fully saturated rings. The van der Waals surface area contributed by atoms with Crippen molar-refractivity contribution in [2.75, 3.05) is 6.61 Å². The number of carbonyl (C=O) groups excluding carboxylic acids is 2. The van der Waals surface area contributed by atoms with Gasteiger partial charge in [-0.2, -0.15) is 0 Å². The fourth-order valence-electron chi connectivity index (χ4n) is 4.67. The standard InChI is InChI=1S/C34H31IO9/c35-34(38)42-27-18-16-26(17-19-27)41-33-31(44-32(37)25-14-8-3-9-15-25)29(36)30(40-21-24-12-6-2-7-13-24)28(43-33)22-39-20-23-10-4-1-5-11-23/h1-19,28-31,33,36H,20-22H2. The van der Waals surface area contributed by atoms with Crippen LogP contribution in [0.2, 0.25) is 0 Å². The SMILES string of the molecule is O=C(I)Oc1ccc(OC2OC(COCc3ccccc3)C(OCc3ccccc3)C(O)C2OC(=O)c2ccccc2)cc1. The zero-order valence-electron chi connectivity index (χ0n) is 23.6. The van der Waals surface area contributed by atoms with Crippen molar-refractivity contribution in [1.29, 1.82) is 0 Å². The second kappa shape index (κ2) is 15.8. The van der Waals surface area contributed by atoms with Crippen LogP contribution >= 0.6 is 22.6 Å². The molecule has 4 aromatic carbocycles. The lowest BCUT2D eigenvalue weighted by Gasteiger charge is -2.43. The molecule has 0 saturated carbocycles. The summed E-state index contributed by atoms with van der Waals surface area (Å²) in [5.74, 6) is 0.00975. The smallest absolute Gasteiger partial charge is 0.372 e. The predicted octanol–water partition coefficient (Wildman–Crippen LogP) is 6.11. The van der Waals surface area contributed by atoms with Crippen LogP contribution in [-0.4, -0.2) is 52.4 Å². The number of aliphatic hydroxyl groups is 1. The minimum atomic E-state index is -1.34. The molecule has 10 heteroatoms. The quantitative estimate of drug-likeness (QED) is 0.106. The summed E-state index contributed by atoms with van der Waals surface area (Å²) in [5, 5.41) is 11.7. The van der Waals surface area contributed by atoms with Crippen LogP contribution in [0.4, 0.5) is 4.79 Å². The average molecular weight is 711 g/mol. The van der Waals surface area contributed by atoms with E-state index in [-0.39, 0.29) is 13.2 Å². The van der Waals surface area contributed by atoms with Gasteiger partial charge < -0.3 is 33.5 Å². The van der Waals surface area contributed by atoms with Crippen molar-refractivity contribution in [3.05, 3.63) is 132 Å². The van der Waals surface area contributed by atoms with Gasteiger partial charge in [-0.05, 0) is 47.5 Å². The van der Waals surface area contributed by atoms with Crippen LogP contribution in [-0.2, 0) is 32.2 Å². The number of halogens is 1. The number of esters is 1. The third-order valence-electron chi connectivity index (χ3n) is 6.82. The van der Waals surface area contributed by atoms with Crippen LogP contribution in [0.15, 0.2) is 115 Å². The number of benzene rings is 4. The Labute approximate surface area is 268 Å². The van der Waals surface area contributed by atoms with Crippen molar-refractivity contribution in [2.45, 2.75) is 43.9 Å². The molecule has 1 heterocycles. The number of aliphatic hydroxyl groups excluding tert-OH is 1. The van der Waals surface area contributed by atoms with E-state index in [1.165, 1.54) is 22.6 Å². The molecule has 1 aliphatic heterocycles. The number of hydrogen-bond acceptors (Lipinski definition) is 9. The van der Waals surface area contributed by atoms with E-state index in [9.17, 15) is 14.7 Å². The van der Waals surface area contributed by atoms with Crippen molar-refractivity contribution >= 4 is 32.5 Å². The van der Waals surface area contributed by atoms with Crippen molar-refractivity contribution in [3.8, 4) is 11.5 Å². The summed E-state index contributed by atoms with van der Waals surface area (Å²) in [4.78, 5) is 24.5. The van der Waals surface area contributed by atoms with Crippen LogP contribution in [0, 0.1) is 0 Å². The Morgan fingerprint density at radius 2 is 1.30 bits per heavy atom. The van der Waals surface area contributed by atoms with Gasteiger partial charge in [0, 0.05) is 0 Å². The van der Waals surface area contributed by atoms with Gasteiger partial charge in [0.15, 0.2) is 6.10 Å². The third kappa shape index (κ3) is 8.87. The van der Waals surface area contributed by atoms with E-state index in [2.05, 4.69) is 0 Å². The molecule has 44 heavy (non-hydrogen) atoms. The molecule has 5 rings (SSSR count). The number of hydrogen-bond donors (Lipinski definition) is 1. The Balaban J connectivity index is 1.39. The van der Waals surface area contributed by atoms with E-state index >= 15 is 0 Å². The molecule has 0 spiro atoms. The summed E-state index contributed by atoms with van der Waals surface area (Å²) in [6.07, 6.45) is -5.54. The molecule has 1 saturated heterocycles. The molecule has 5 atom stereocenters. The zero-order chi connectivity index (χ0) is 30.7. The van der Waals surface area contributed by atoms with Crippen molar-refractivity contribution < 1.29 is 43.1 Å². The van der Waals surface area contributed by atoms with Crippen LogP contribution in [0.3, 0.4) is 0 Å². The largest absolute Gasteiger partial charge is 0.461 e. The molecule has 0 amide bonds. The predicted molar refractivity (Wildman–Crippen MR) is 169 cm³/mol. The molecular formula is C34H31IO9. The minimum Gasteiger partial charge on any atom is -0.461 e. The lowest BCUT2D eigenvalue weighted by Crippen LogP contribution is -2.62. The Hall–Kier alpha value is -3.81. The summed E-state index contributed by atoms with van der Waals surface area (Å²) in [7, 11) is 0. The lowest BCUT2D eigenvalue weighted by atomic mass is 9.98. The third-order valence-corrected chi connectivity index (χ3v) is 7.04. The maximum absolute atomic E-state index is 13.1. The van der Waals surface area contributed by atoms with E-state index in [0.717, 1.165) is 11.1 Å². The van der Waals surface area contributed by atoms with Gasteiger partial charge in [-0.1, -0.05) is 78.9 Å². The van der Waals surface area contributed by atoms with Crippen LogP contribution in [0.5, 0.6) is 11.5 Å².